The third-order valence-corrected chi connectivity index (χ3v) is 4.88. The Balaban J connectivity index is 1.54. The summed E-state index contributed by atoms with van der Waals surface area (Å²) in [6.07, 6.45) is 1.07. The van der Waals surface area contributed by atoms with Gasteiger partial charge in [0.2, 0.25) is 0 Å². The topological polar surface area (TPSA) is 23.6 Å². The molecule has 0 bridgehead atoms. The number of piperazine rings is 1. The minimum atomic E-state index is 0.157. The number of rotatable bonds is 4. The predicted molar refractivity (Wildman–Crippen MR) is 98.3 cm³/mol. The molecule has 0 aliphatic carbocycles. The van der Waals surface area contributed by atoms with Crippen molar-refractivity contribution in [3.05, 3.63) is 71.3 Å². The normalized spacial score (nSPS) is 18.6. The molecule has 1 heterocycles. The molecule has 1 aliphatic rings. The van der Waals surface area contributed by atoms with Gasteiger partial charge in [0.1, 0.15) is 0 Å². The first-order valence-corrected chi connectivity index (χ1v) is 8.77. The highest BCUT2D eigenvalue weighted by atomic mass is 16.2. The molecule has 1 unspecified atom stereocenters. The molecule has 2 aromatic carbocycles. The highest BCUT2D eigenvalue weighted by molar-refractivity contribution is 5.94. The van der Waals surface area contributed by atoms with Gasteiger partial charge in [-0.15, -0.1) is 0 Å². The second-order valence-electron chi connectivity index (χ2n) is 6.74. The monoisotopic (exact) mass is 322 g/mol. The minimum absolute atomic E-state index is 0.157. The van der Waals surface area contributed by atoms with Crippen LogP contribution in [-0.2, 0) is 6.42 Å². The molecule has 1 saturated heterocycles. The highest BCUT2D eigenvalue weighted by Gasteiger charge is 2.26. The molecule has 1 amide bonds. The lowest BCUT2D eigenvalue weighted by Crippen LogP contribution is -2.54. The van der Waals surface area contributed by atoms with Crippen LogP contribution >= 0.6 is 0 Å². The molecular formula is C21H26N2O. The van der Waals surface area contributed by atoms with Crippen molar-refractivity contribution in [2.45, 2.75) is 26.3 Å². The zero-order chi connectivity index (χ0) is 16.9. The van der Waals surface area contributed by atoms with Gasteiger partial charge in [-0.3, -0.25) is 9.69 Å². The van der Waals surface area contributed by atoms with E-state index in [1.807, 2.05) is 36.1 Å². The van der Waals surface area contributed by atoms with E-state index in [0.717, 1.165) is 38.2 Å². The van der Waals surface area contributed by atoms with Gasteiger partial charge in [0, 0.05) is 37.8 Å². The van der Waals surface area contributed by atoms with Gasteiger partial charge in [0.25, 0.3) is 5.91 Å². The average Bonchev–Trinajstić information content (AvgIpc) is 2.61. The van der Waals surface area contributed by atoms with Crippen molar-refractivity contribution in [3.8, 4) is 0 Å². The van der Waals surface area contributed by atoms with Crippen molar-refractivity contribution in [2.75, 3.05) is 26.2 Å². The van der Waals surface area contributed by atoms with Gasteiger partial charge < -0.3 is 4.90 Å². The fourth-order valence-corrected chi connectivity index (χ4v) is 3.31. The highest BCUT2D eigenvalue weighted by Crippen LogP contribution is 2.14. The predicted octanol–water partition coefficient (Wildman–Crippen LogP) is 3.38. The summed E-state index contributed by atoms with van der Waals surface area (Å²) in [6.45, 7) is 7.89. The summed E-state index contributed by atoms with van der Waals surface area (Å²) in [5.74, 6) is 0.157. The van der Waals surface area contributed by atoms with Crippen LogP contribution in [0.1, 0.15) is 28.4 Å². The Bertz CT molecular complexity index is 666. The molecule has 0 saturated carbocycles. The van der Waals surface area contributed by atoms with Crippen molar-refractivity contribution < 1.29 is 4.79 Å². The van der Waals surface area contributed by atoms with E-state index in [-0.39, 0.29) is 5.91 Å². The Morgan fingerprint density at radius 1 is 1.04 bits per heavy atom. The molecule has 3 nitrogen and oxygen atoms in total. The van der Waals surface area contributed by atoms with Crippen LogP contribution in [0.3, 0.4) is 0 Å². The summed E-state index contributed by atoms with van der Waals surface area (Å²) >= 11 is 0. The van der Waals surface area contributed by atoms with Crippen LogP contribution in [0.5, 0.6) is 0 Å². The van der Waals surface area contributed by atoms with Gasteiger partial charge in [-0.25, -0.2) is 0 Å². The first-order chi connectivity index (χ1) is 11.6. The van der Waals surface area contributed by atoms with Gasteiger partial charge in [-0.1, -0.05) is 48.0 Å². The maximum Gasteiger partial charge on any atom is 0.253 e. The Kier molecular flexibility index (Phi) is 5.31. The summed E-state index contributed by atoms with van der Waals surface area (Å²) in [6, 6.07) is 18.9. The van der Waals surface area contributed by atoms with E-state index in [4.69, 9.17) is 0 Å². The molecule has 1 fully saturated rings. The van der Waals surface area contributed by atoms with E-state index in [1.54, 1.807) is 0 Å². The van der Waals surface area contributed by atoms with E-state index in [2.05, 4.69) is 42.2 Å². The number of carbonyl (C=O) groups excluding carboxylic acids is 1. The molecule has 0 aromatic heterocycles. The maximum atomic E-state index is 12.7. The lowest BCUT2D eigenvalue weighted by atomic mass is 10.1. The minimum Gasteiger partial charge on any atom is -0.336 e. The Morgan fingerprint density at radius 3 is 2.42 bits per heavy atom. The standard InChI is InChI=1S/C21H26N2O/c1-17-8-10-20(11-9-17)21(24)23-15-14-22(18(2)16-23)13-12-19-6-4-3-5-7-19/h3-11,18H,12-16H2,1-2H3. The van der Waals surface area contributed by atoms with Gasteiger partial charge in [0.15, 0.2) is 0 Å². The molecule has 0 N–H and O–H groups in total. The van der Waals surface area contributed by atoms with Gasteiger partial charge in [0.05, 0.1) is 0 Å². The van der Waals surface area contributed by atoms with E-state index in [0.29, 0.717) is 6.04 Å². The number of carbonyl (C=O) groups is 1. The number of nitrogens with zero attached hydrogens (tertiary/aromatic N) is 2. The summed E-state index contributed by atoms with van der Waals surface area (Å²) in [5, 5.41) is 0. The van der Waals surface area contributed by atoms with Crippen LogP contribution in [0.4, 0.5) is 0 Å². The zero-order valence-corrected chi connectivity index (χ0v) is 14.6. The molecule has 0 spiro atoms. The SMILES string of the molecule is Cc1ccc(C(=O)N2CCN(CCc3ccccc3)C(C)C2)cc1. The largest absolute Gasteiger partial charge is 0.336 e. The Morgan fingerprint density at radius 2 is 1.75 bits per heavy atom. The third kappa shape index (κ3) is 4.04. The summed E-state index contributed by atoms with van der Waals surface area (Å²) in [7, 11) is 0. The quantitative estimate of drug-likeness (QED) is 0.861. The second-order valence-corrected chi connectivity index (χ2v) is 6.74. The first kappa shape index (κ1) is 16.7. The Labute approximate surface area is 144 Å². The molecular weight excluding hydrogens is 296 g/mol. The molecule has 2 aromatic rings. The van der Waals surface area contributed by atoms with Gasteiger partial charge in [-0.05, 0) is 38.0 Å². The molecule has 3 rings (SSSR count). The molecule has 24 heavy (non-hydrogen) atoms. The Hall–Kier alpha value is -2.13. The number of amides is 1. The van der Waals surface area contributed by atoms with Crippen molar-refractivity contribution in [1.29, 1.82) is 0 Å². The van der Waals surface area contributed by atoms with Crippen molar-refractivity contribution in [3.63, 3.8) is 0 Å². The maximum absolute atomic E-state index is 12.7. The molecule has 126 valence electrons. The average molecular weight is 322 g/mol. The van der Waals surface area contributed by atoms with Crippen LogP contribution in [0.2, 0.25) is 0 Å². The van der Waals surface area contributed by atoms with E-state index in [9.17, 15) is 4.79 Å². The van der Waals surface area contributed by atoms with Crippen LogP contribution in [0.15, 0.2) is 54.6 Å². The zero-order valence-electron chi connectivity index (χ0n) is 14.6. The lowest BCUT2D eigenvalue weighted by Gasteiger charge is -2.40. The number of hydrogen-bond donors (Lipinski definition) is 0. The van der Waals surface area contributed by atoms with Crippen molar-refractivity contribution in [1.82, 2.24) is 9.80 Å². The van der Waals surface area contributed by atoms with E-state index >= 15 is 0 Å². The fourth-order valence-electron chi connectivity index (χ4n) is 3.31. The lowest BCUT2D eigenvalue weighted by molar-refractivity contribution is 0.0518. The summed E-state index contributed by atoms with van der Waals surface area (Å²) < 4.78 is 0. The van der Waals surface area contributed by atoms with Gasteiger partial charge >= 0.3 is 0 Å². The van der Waals surface area contributed by atoms with Crippen LogP contribution in [-0.4, -0.2) is 47.9 Å². The molecule has 1 atom stereocenters. The van der Waals surface area contributed by atoms with Crippen LogP contribution in [0, 0.1) is 6.92 Å². The van der Waals surface area contributed by atoms with Gasteiger partial charge in [-0.2, -0.15) is 0 Å². The summed E-state index contributed by atoms with van der Waals surface area (Å²) in [4.78, 5) is 17.1. The van der Waals surface area contributed by atoms with Crippen LogP contribution in [0.25, 0.3) is 0 Å². The number of benzene rings is 2. The van der Waals surface area contributed by atoms with E-state index < -0.39 is 0 Å². The van der Waals surface area contributed by atoms with Crippen molar-refractivity contribution >= 4 is 5.91 Å². The van der Waals surface area contributed by atoms with Crippen LogP contribution < -0.4 is 0 Å². The first-order valence-electron chi connectivity index (χ1n) is 8.77. The number of aryl methyl sites for hydroxylation is 1. The molecule has 3 heteroatoms. The van der Waals surface area contributed by atoms with E-state index in [1.165, 1.54) is 11.1 Å². The molecule has 0 radical (unpaired) electrons. The number of hydrogen-bond acceptors (Lipinski definition) is 2. The third-order valence-electron chi connectivity index (χ3n) is 4.88. The smallest absolute Gasteiger partial charge is 0.253 e. The van der Waals surface area contributed by atoms with Crippen molar-refractivity contribution in [2.24, 2.45) is 0 Å². The second kappa shape index (κ2) is 7.63. The molecule has 1 aliphatic heterocycles. The summed E-state index contributed by atoms with van der Waals surface area (Å²) in [5.41, 5.74) is 3.36. The fraction of sp³-hybridized carbons (Fsp3) is 0.381.